The Morgan fingerprint density at radius 3 is 3.04 bits per heavy atom. The van der Waals surface area contributed by atoms with Crippen molar-refractivity contribution in [2.24, 2.45) is 4.99 Å². The molecule has 1 atom stereocenters. The highest BCUT2D eigenvalue weighted by atomic mass is 35.5. The van der Waals surface area contributed by atoms with E-state index in [0.717, 1.165) is 40.2 Å². The predicted molar refractivity (Wildman–Crippen MR) is 117 cm³/mol. The largest absolute Gasteiger partial charge is 0.375 e. The Morgan fingerprint density at radius 1 is 1.46 bits per heavy atom. The van der Waals surface area contributed by atoms with Gasteiger partial charge in [-0.25, -0.2) is 4.98 Å². The molecular formula is C20H26ClN5OS. The lowest BCUT2D eigenvalue weighted by Gasteiger charge is -2.21. The average molecular weight is 420 g/mol. The number of halogens is 1. The zero-order valence-corrected chi connectivity index (χ0v) is 18.2. The van der Waals surface area contributed by atoms with Crippen LogP contribution in [0.3, 0.4) is 0 Å². The maximum absolute atomic E-state index is 6.14. The van der Waals surface area contributed by atoms with E-state index in [1.807, 2.05) is 38.4 Å². The highest BCUT2D eigenvalue weighted by Crippen LogP contribution is 2.23. The van der Waals surface area contributed by atoms with Gasteiger partial charge in [-0.2, -0.15) is 0 Å². The second kappa shape index (κ2) is 9.41. The summed E-state index contributed by atoms with van der Waals surface area (Å²) in [5.74, 6) is 0.840. The van der Waals surface area contributed by atoms with Crippen LogP contribution < -0.4 is 5.32 Å². The Balaban J connectivity index is 1.56. The molecule has 0 aliphatic carbocycles. The van der Waals surface area contributed by atoms with Gasteiger partial charge in [-0.15, -0.1) is 11.3 Å². The monoisotopic (exact) mass is 419 g/mol. The Hall–Kier alpha value is -2.09. The smallest absolute Gasteiger partial charge is 0.193 e. The van der Waals surface area contributed by atoms with Crippen molar-refractivity contribution in [2.45, 2.75) is 26.0 Å². The molecule has 2 aromatic heterocycles. The Kier molecular flexibility index (Phi) is 6.93. The van der Waals surface area contributed by atoms with Crippen LogP contribution in [0.5, 0.6) is 0 Å². The minimum Gasteiger partial charge on any atom is -0.375 e. The van der Waals surface area contributed by atoms with Crippen LogP contribution >= 0.6 is 22.9 Å². The molecule has 150 valence electrons. The van der Waals surface area contributed by atoms with Crippen molar-refractivity contribution in [1.82, 2.24) is 20.2 Å². The number of thiazole rings is 1. The van der Waals surface area contributed by atoms with Crippen LogP contribution in [0.1, 0.15) is 29.3 Å². The third-order valence-electron chi connectivity index (χ3n) is 4.65. The number of aromatic nitrogens is 2. The van der Waals surface area contributed by atoms with Gasteiger partial charge in [0.1, 0.15) is 11.1 Å². The minimum absolute atomic E-state index is 0.0196. The molecule has 8 heteroatoms. The van der Waals surface area contributed by atoms with Crippen LogP contribution in [0, 0.1) is 0 Å². The number of methoxy groups -OCH3 is 1. The van der Waals surface area contributed by atoms with Crippen molar-refractivity contribution in [3.05, 3.63) is 51.1 Å². The van der Waals surface area contributed by atoms with E-state index in [0.29, 0.717) is 6.54 Å². The number of hydrogen-bond acceptors (Lipinski definition) is 4. The molecule has 2 heterocycles. The number of hydrogen-bond donors (Lipinski definition) is 2. The molecule has 1 unspecified atom stereocenters. The van der Waals surface area contributed by atoms with E-state index in [1.54, 1.807) is 25.5 Å². The van der Waals surface area contributed by atoms with Gasteiger partial charge in [0, 0.05) is 55.3 Å². The lowest BCUT2D eigenvalue weighted by atomic mass is 10.1. The number of fused-ring (bicyclic) bond motifs is 1. The molecule has 0 saturated carbocycles. The summed E-state index contributed by atoms with van der Waals surface area (Å²) in [6.07, 6.45) is 2.94. The summed E-state index contributed by atoms with van der Waals surface area (Å²) in [5.41, 5.74) is 3.35. The molecule has 28 heavy (non-hydrogen) atoms. The molecule has 2 N–H and O–H groups in total. The van der Waals surface area contributed by atoms with Gasteiger partial charge in [-0.3, -0.25) is 4.99 Å². The number of benzene rings is 1. The summed E-state index contributed by atoms with van der Waals surface area (Å²) in [6, 6.07) is 5.91. The van der Waals surface area contributed by atoms with Crippen LogP contribution in [0.25, 0.3) is 10.9 Å². The second-order valence-electron chi connectivity index (χ2n) is 6.64. The molecule has 0 aliphatic rings. The lowest BCUT2D eigenvalue weighted by molar-refractivity contribution is 0.119. The predicted octanol–water partition coefficient (Wildman–Crippen LogP) is 4.24. The molecule has 0 radical (unpaired) electrons. The summed E-state index contributed by atoms with van der Waals surface area (Å²) >= 11 is 7.76. The number of nitrogens with zero attached hydrogens (tertiary/aromatic N) is 3. The first-order valence-electron chi connectivity index (χ1n) is 9.16. The van der Waals surface area contributed by atoms with Gasteiger partial charge in [0.25, 0.3) is 0 Å². The van der Waals surface area contributed by atoms with Crippen molar-refractivity contribution in [2.75, 3.05) is 27.7 Å². The number of guanidine groups is 1. The topological polar surface area (TPSA) is 65.5 Å². The molecule has 0 aliphatic heterocycles. The highest BCUT2D eigenvalue weighted by Gasteiger charge is 2.13. The normalized spacial score (nSPS) is 13.1. The molecule has 0 amide bonds. The summed E-state index contributed by atoms with van der Waals surface area (Å²) in [7, 11) is 5.51. The lowest BCUT2D eigenvalue weighted by Crippen LogP contribution is -2.39. The molecule has 0 saturated heterocycles. The van der Waals surface area contributed by atoms with E-state index in [4.69, 9.17) is 16.3 Å². The SMILES string of the molecule is CN=C(NCCc1c[nH]c2ccc(Cl)cc12)N(C)Cc1csc(C(C)OC)n1. The van der Waals surface area contributed by atoms with Crippen LogP contribution in [-0.2, 0) is 17.7 Å². The van der Waals surface area contributed by atoms with Gasteiger partial charge in [0.2, 0.25) is 0 Å². The van der Waals surface area contributed by atoms with Crippen LogP contribution in [0.4, 0.5) is 0 Å². The number of rotatable bonds is 7. The molecule has 0 fully saturated rings. The summed E-state index contributed by atoms with van der Waals surface area (Å²) in [4.78, 5) is 14.4. The number of nitrogens with one attached hydrogen (secondary N) is 2. The van der Waals surface area contributed by atoms with E-state index in [2.05, 4.69) is 30.6 Å². The van der Waals surface area contributed by atoms with Crippen molar-refractivity contribution < 1.29 is 4.74 Å². The van der Waals surface area contributed by atoms with Crippen molar-refractivity contribution in [3.8, 4) is 0 Å². The Labute approximate surface area is 174 Å². The van der Waals surface area contributed by atoms with E-state index in [1.165, 1.54) is 10.9 Å². The molecule has 1 aromatic carbocycles. The maximum Gasteiger partial charge on any atom is 0.193 e. The molecule has 0 bridgehead atoms. The van der Waals surface area contributed by atoms with Crippen LogP contribution in [-0.4, -0.2) is 48.6 Å². The molecular weight excluding hydrogens is 394 g/mol. The van der Waals surface area contributed by atoms with Crippen LogP contribution in [0.15, 0.2) is 34.8 Å². The van der Waals surface area contributed by atoms with E-state index in [9.17, 15) is 0 Å². The first-order chi connectivity index (χ1) is 13.5. The van der Waals surface area contributed by atoms with E-state index in [-0.39, 0.29) is 6.10 Å². The van der Waals surface area contributed by atoms with Crippen molar-refractivity contribution in [1.29, 1.82) is 0 Å². The molecule has 6 nitrogen and oxygen atoms in total. The third-order valence-corrected chi connectivity index (χ3v) is 5.94. The summed E-state index contributed by atoms with van der Waals surface area (Å²) in [5, 5.41) is 8.41. The van der Waals surface area contributed by atoms with E-state index < -0.39 is 0 Å². The number of H-pyrrole nitrogens is 1. The van der Waals surface area contributed by atoms with Crippen molar-refractivity contribution >= 4 is 39.8 Å². The zero-order valence-electron chi connectivity index (χ0n) is 16.6. The summed E-state index contributed by atoms with van der Waals surface area (Å²) in [6.45, 7) is 3.47. The number of ether oxygens (including phenoxy) is 1. The number of aromatic amines is 1. The second-order valence-corrected chi connectivity index (χ2v) is 7.97. The average Bonchev–Trinajstić information content (AvgIpc) is 3.31. The summed E-state index contributed by atoms with van der Waals surface area (Å²) < 4.78 is 5.34. The molecule has 0 spiro atoms. The quantitative estimate of drug-likeness (QED) is 0.444. The fourth-order valence-corrected chi connectivity index (χ4v) is 4.07. The van der Waals surface area contributed by atoms with Gasteiger partial charge >= 0.3 is 0 Å². The fourth-order valence-electron chi connectivity index (χ4n) is 3.05. The van der Waals surface area contributed by atoms with Gasteiger partial charge in [-0.1, -0.05) is 11.6 Å². The number of aliphatic imine (C=N–C) groups is 1. The highest BCUT2D eigenvalue weighted by molar-refractivity contribution is 7.09. The first kappa shape index (κ1) is 20.6. The fraction of sp³-hybridized carbons (Fsp3) is 0.400. The minimum atomic E-state index is 0.0196. The maximum atomic E-state index is 6.14. The third kappa shape index (κ3) is 4.84. The van der Waals surface area contributed by atoms with Gasteiger partial charge < -0.3 is 19.9 Å². The molecule has 3 rings (SSSR count). The van der Waals surface area contributed by atoms with E-state index >= 15 is 0 Å². The van der Waals surface area contributed by atoms with Crippen LogP contribution in [0.2, 0.25) is 5.02 Å². The van der Waals surface area contributed by atoms with Gasteiger partial charge in [0.05, 0.1) is 12.2 Å². The Bertz CT molecular complexity index is 951. The van der Waals surface area contributed by atoms with Gasteiger partial charge in [0.15, 0.2) is 5.96 Å². The standard InChI is InChI=1S/C20H26ClN5OS/c1-13(27-4)19-25-16(12-28-19)11-26(3)20(22-2)23-8-7-14-10-24-18-6-5-15(21)9-17(14)18/h5-6,9-10,12-13,24H,7-8,11H2,1-4H3,(H,22,23). The van der Waals surface area contributed by atoms with Gasteiger partial charge in [-0.05, 0) is 37.1 Å². The molecule has 3 aromatic rings. The van der Waals surface area contributed by atoms with Crippen molar-refractivity contribution in [3.63, 3.8) is 0 Å². The Morgan fingerprint density at radius 2 is 2.29 bits per heavy atom. The zero-order chi connectivity index (χ0) is 20.1. The first-order valence-corrected chi connectivity index (χ1v) is 10.4.